The molecule has 1 amide bonds. The molecule has 1 rings (SSSR count). The first kappa shape index (κ1) is 15.2. The summed E-state index contributed by atoms with van der Waals surface area (Å²) in [7, 11) is 1.14. The van der Waals surface area contributed by atoms with Gasteiger partial charge in [-0.15, -0.1) is 0 Å². The summed E-state index contributed by atoms with van der Waals surface area (Å²) in [5.41, 5.74) is 5.49. The number of carbonyl (C=O) groups is 1. The van der Waals surface area contributed by atoms with Gasteiger partial charge in [0.15, 0.2) is 0 Å². The maximum absolute atomic E-state index is 13.3. The number of nitrogens with zero attached hydrogens (tertiary/aromatic N) is 1. The Hall–Kier alpha value is -1.83. The predicted octanol–water partition coefficient (Wildman–Crippen LogP) is 1.84. The van der Waals surface area contributed by atoms with E-state index in [-0.39, 0.29) is 11.4 Å². The molecule has 0 radical (unpaired) electrons. The Balaban J connectivity index is 2.58. The molecule has 0 unspecified atom stereocenters. The fraction of sp³-hybridized carbons (Fsp3) is 0.364. The molecule has 1 aromatic rings. The van der Waals surface area contributed by atoms with Crippen molar-refractivity contribution in [3.05, 3.63) is 24.0 Å². The molecular formula is C11H13F4N3O. The lowest BCUT2D eigenvalue weighted by Gasteiger charge is -2.18. The van der Waals surface area contributed by atoms with Gasteiger partial charge in [0.1, 0.15) is 5.82 Å². The molecule has 0 saturated heterocycles. The maximum atomic E-state index is 13.3. The van der Waals surface area contributed by atoms with Crippen molar-refractivity contribution in [2.45, 2.75) is 6.18 Å². The van der Waals surface area contributed by atoms with E-state index >= 15 is 0 Å². The molecule has 0 spiro atoms. The molecule has 0 saturated carbocycles. The Morgan fingerprint density at radius 2 is 2.05 bits per heavy atom. The van der Waals surface area contributed by atoms with Crippen LogP contribution in [0.4, 0.5) is 28.9 Å². The van der Waals surface area contributed by atoms with E-state index in [4.69, 9.17) is 5.73 Å². The number of anilines is 2. The summed E-state index contributed by atoms with van der Waals surface area (Å²) in [6.07, 6.45) is -4.39. The van der Waals surface area contributed by atoms with Crippen LogP contribution < -0.4 is 11.1 Å². The third-order valence-electron chi connectivity index (χ3n) is 2.13. The van der Waals surface area contributed by atoms with Crippen LogP contribution in [-0.4, -0.2) is 37.1 Å². The van der Waals surface area contributed by atoms with Crippen molar-refractivity contribution >= 4 is 17.3 Å². The van der Waals surface area contributed by atoms with Crippen LogP contribution in [0.1, 0.15) is 0 Å². The Morgan fingerprint density at radius 1 is 1.42 bits per heavy atom. The number of halogens is 4. The van der Waals surface area contributed by atoms with Crippen LogP contribution in [0.3, 0.4) is 0 Å². The van der Waals surface area contributed by atoms with E-state index in [2.05, 4.69) is 5.32 Å². The average Bonchev–Trinajstić information content (AvgIpc) is 2.20. The zero-order chi connectivity index (χ0) is 14.6. The minimum absolute atomic E-state index is 0.162. The molecule has 0 aliphatic rings. The number of carbonyl (C=O) groups excluding carboxylic acids is 1. The van der Waals surface area contributed by atoms with Crippen molar-refractivity contribution in [1.29, 1.82) is 0 Å². The van der Waals surface area contributed by atoms with Gasteiger partial charge in [-0.3, -0.25) is 9.69 Å². The number of alkyl halides is 3. The lowest BCUT2D eigenvalue weighted by molar-refractivity contribution is -0.145. The Bertz CT molecular complexity index is 462. The molecule has 0 aromatic heterocycles. The first-order valence-corrected chi connectivity index (χ1v) is 5.27. The average molecular weight is 279 g/mol. The number of nitrogens with one attached hydrogen (secondary N) is 1. The van der Waals surface area contributed by atoms with Crippen LogP contribution in [0.2, 0.25) is 0 Å². The Morgan fingerprint density at radius 3 is 2.63 bits per heavy atom. The molecule has 106 valence electrons. The highest BCUT2D eigenvalue weighted by Crippen LogP contribution is 2.18. The third kappa shape index (κ3) is 5.56. The van der Waals surface area contributed by atoms with Gasteiger partial charge in [-0.25, -0.2) is 4.39 Å². The van der Waals surface area contributed by atoms with Crippen LogP contribution in [0, 0.1) is 5.82 Å². The first-order chi connectivity index (χ1) is 8.67. The van der Waals surface area contributed by atoms with Crippen LogP contribution in [0.5, 0.6) is 0 Å². The smallest absolute Gasteiger partial charge is 0.399 e. The normalized spacial score (nSPS) is 11.7. The second kappa shape index (κ2) is 5.87. The van der Waals surface area contributed by atoms with Crippen LogP contribution in [0.15, 0.2) is 18.2 Å². The lowest BCUT2D eigenvalue weighted by atomic mass is 10.2. The zero-order valence-corrected chi connectivity index (χ0v) is 10.1. The summed E-state index contributed by atoms with van der Waals surface area (Å²) in [5.74, 6) is -1.46. The quantitative estimate of drug-likeness (QED) is 0.653. The van der Waals surface area contributed by atoms with Gasteiger partial charge in [-0.2, -0.15) is 13.2 Å². The lowest BCUT2D eigenvalue weighted by Crippen LogP contribution is -2.37. The number of hydrogen-bond donors (Lipinski definition) is 2. The van der Waals surface area contributed by atoms with Crippen molar-refractivity contribution in [3.63, 3.8) is 0 Å². The van der Waals surface area contributed by atoms with Gasteiger partial charge in [0, 0.05) is 5.69 Å². The molecule has 0 bridgehead atoms. The Labute approximate surface area is 107 Å². The number of nitrogens with two attached hydrogens (primary N) is 1. The van der Waals surface area contributed by atoms with Crippen LogP contribution in [-0.2, 0) is 4.79 Å². The highest BCUT2D eigenvalue weighted by atomic mass is 19.4. The van der Waals surface area contributed by atoms with E-state index in [1.807, 2.05) is 0 Å². The first-order valence-electron chi connectivity index (χ1n) is 5.27. The highest BCUT2D eigenvalue weighted by molar-refractivity contribution is 5.92. The van der Waals surface area contributed by atoms with Gasteiger partial charge in [-0.05, 0) is 25.2 Å². The number of rotatable bonds is 4. The fourth-order valence-electron chi connectivity index (χ4n) is 1.44. The molecule has 19 heavy (non-hydrogen) atoms. The SMILES string of the molecule is CN(CC(=O)Nc1cc(N)ccc1F)CC(F)(F)F. The molecule has 0 aliphatic carbocycles. The monoisotopic (exact) mass is 279 g/mol. The fourth-order valence-corrected chi connectivity index (χ4v) is 1.44. The molecule has 0 fully saturated rings. The molecule has 0 heterocycles. The summed E-state index contributed by atoms with van der Waals surface area (Å²) in [6.45, 7) is -1.73. The predicted molar refractivity (Wildman–Crippen MR) is 63.0 cm³/mol. The number of amides is 1. The summed E-state index contributed by atoms with van der Waals surface area (Å²) < 4.78 is 49.4. The summed E-state index contributed by atoms with van der Waals surface area (Å²) in [5, 5.41) is 2.16. The minimum Gasteiger partial charge on any atom is -0.399 e. The largest absolute Gasteiger partial charge is 0.401 e. The highest BCUT2D eigenvalue weighted by Gasteiger charge is 2.29. The van der Waals surface area contributed by atoms with Crippen LogP contribution >= 0.6 is 0 Å². The zero-order valence-electron chi connectivity index (χ0n) is 10.1. The second-order valence-corrected chi connectivity index (χ2v) is 4.07. The van der Waals surface area contributed by atoms with Gasteiger partial charge < -0.3 is 11.1 Å². The summed E-state index contributed by atoms with van der Waals surface area (Å²) >= 11 is 0. The molecule has 4 nitrogen and oxygen atoms in total. The van der Waals surface area contributed by atoms with Crippen LogP contribution in [0.25, 0.3) is 0 Å². The van der Waals surface area contributed by atoms with Crippen molar-refractivity contribution < 1.29 is 22.4 Å². The number of benzene rings is 1. The number of likely N-dealkylation sites (N-methyl/N-ethyl adjacent to an activating group) is 1. The number of hydrogen-bond acceptors (Lipinski definition) is 3. The van der Waals surface area contributed by atoms with Gasteiger partial charge in [-0.1, -0.05) is 0 Å². The van der Waals surface area contributed by atoms with Crippen molar-refractivity contribution in [1.82, 2.24) is 4.90 Å². The summed E-state index contributed by atoms with van der Waals surface area (Å²) in [4.78, 5) is 12.2. The number of nitrogen functional groups attached to an aromatic ring is 1. The second-order valence-electron chi connectivity index (χ2n) is 4.07. The molecule has 0 atom stereocenters. The maximum Gasteiger partial charge on any atom is 0.401 e. The van der Waals surface area contributed by atoms with Gasteiger partial charge in [0.25, 0.3) is 0 Å². The third-order valence-corrected chi connectivity index (χ3v) is 2.13. The van der Waals surface area contributed by atoms with E-state index in [9.17, 15) is 22.4 Å². The van der Waals surface area contributed by atoms with Crippen molar-refractivity contribution in [3.8, 4) is 0 Å². The van der Waals surface area contributed by atoms with Crippen molar-refractivity contribution in [2.24, 2.45) is 0 Å². The molecule has 3 N–H and O–H groups in total. The van der Waals surface area contributed by atoms with Gasteiger partial charge in [0.2, 0.25) is 5.91 Å². The van der Waals surface area contributed by atoms with E-state index in [1.54, 1.807) is 0 Å². The Kier molecular flexibility index (Phi) is 4.71. The topological polar surface area (TPSA) is 58.4 Å². The van der Waals surface area contributed by atoms with E-state index in [1.165, 1.54) is 12.1 Å². The van der Waals surface area contributed by atoms with Gasteiger partial charge in [0.05, 0.1) is 18.8 Å². The molecule has 0 aliphatic heterocycles. The van der Waals surface area contributed by atoms with Gasteiger partial charge >= 0.3 is 6.18 Å². The minimum atomic E-state index is -4.39. The van der Waals surface area contributed by atoms with Crippen molar-refractivity contribution in [2.75, 3.05) is 31.2 Å². The van der Waals surface area contributed by atoms with E-state index in [0.29, 0.717) is 0 Å². The molecular weight excluding hydrogens is 266 g/mol. The molecule has 8 heteroatoms. The van der Waals surface area contributed by atoms with E-state index in [0.717, 1.165) is 18.0 Å². The summed E-state index contributed by atoms with van der Waals surface area (Å²) in [6, 6.07) is 3.56. The molecule has 1 aromatic carbocycles. The van der Waals surface area contributed by atoms with E-state index < -0.39 is 31.0 Å². The standard InChI is InChI=1S/C11H13F4N3O/c1-18(6-11(13,14)15)5-10(19)17-9-4-7(16)2-3-8(9)12/h2-4H,5-6,16H2,1H3,(H,17,19).